The SMILES string of the molecule is Oc1[nH]c(S)cc1Cc1cnc(SCc2ccc(Cl)c(Cl)c2)nc1. The van der Waals surface area contributed by atoms with Crippen LogP contribution in [0.3, 0.4) is 0 Å². The molecule has 0 atom stereocenters. The number of thiol groups is 1. The Balaban J connectivity index is 1.62. The Hall–Kier alpha value is -1.34. The average Bonchev–Trinajstić information content (AvgIpc) is 2.87. The van der Waals surface area contributed by atoms with Crippen molar-refractivity contribution in [3.8, 4) is 5.88 Å². The first-order chi connectivity index (χ1) is 11.5. The second kappa shape index (κ2) is 7.70. The van der Waals surface area contributed by atoms with Gasteiger partial charge >= 0.3 is 0 Å². The Morgan fingerprint density at radius 1 is 1.08 bits per heavy atom. The van der Waals surface area contributed by atoms with E-state index >= 15 is 0 Å². The minimum atomic E-state index is 0.123. The van der Waals surface area contributed by atoms with Crippen LogP contribution >= 0.6 is 47.6 Å². The second-order valence-electron chi connectivity index (χ2n) is 5.12. The van der Waals surface area contributed by atoms with Crippen LogP contribution in [-0.2, 0) is 12.2 Å². The summed E-state index contributed by atoms with van der Waals surface area (Å²) in [7, 11) is 0. The summed E-state index contributed by atoms with van der Waals surface area (Å²) in [5, 5.41) is 12.1. The summed E-state index contributed by atoms with van der Waals surface area (Å²) in [6.45, 7) is 0. The molecule has 124 valence electrons. The average molecular weight is 398 g/mol. The fraction of sp³-hybridized carbons (Fsp3) is 0.125. The standard InChI is InChI=1S/C16H13Cl2N3OS2/c17-12-2-1-9(4-13(12)18)8-24-16-19-6-10(7-20-16)3-11-5-14(23)21-15(11)22/h1-2,4-7,21-23H,3,8H2. The van der Waals surface area contributed by atoms with Gasteiger partial charge in [0.15, 0.2) is 11.0 Å². The Morgan fingerprint density at radius 3 is 2.46 bits per heavy atom. The molecule has 0 aliphatic carbocycles. The molecule has 0 spiro atoms. The lowest BCUT2D eigenvalue weighted by atomic mass is 10.1. The molecule has 0 saturated carbocycles. The Morgan fingerprint density at radius 2 is 1.83 bits per heavy atom. The highest BCUT2D eigenvalue weighted by Gasteiger charge is 2.08. The van der Waals surface area contributed by atoms with E-state index in [-0.39, 0.29) is 5.88 Å². The predicted octanol–water partition coefficient (Wildman–Crippen LogP) is 4.99. The van der Waals surface area contributed by atoms with Crippen molar-refractivity contribution in [2.24, 2.45) is 0 Å². The Labute approximate surface area is 159 Å². The van der Waals surface area contributed by atoms with E-state index in [0.717, 1.165) is 16.7 Å². The molecule has 4 nitrogen and oxygen atoms in total. The number of hydrogen-bond acceptors (Lipinski definition) is 5. The molecular formula is C16H13Cl2N3OS2. The monoisotopic (exact) mass is 397 g/mol. The third kappa shape index (κ3) is 4.39. The lowest BCUT2D eigenvalue weighted by Gasteiger charge is -2.04. The molecule has 0 radical (unpaired) electrons. The van der Waals surface area contributed by atoms with Gasteiger partial charge in [-0.3, -0.25) is 0 Å². The van der Waals surface area contributed by atoms with Gasteiger partial charge in [0.1, 0.15) is 0 Å². The van der Waals surface area contributed by atoms with E-state index < -0.39 is 0 Å². The number of hydrogen-bond donors (Lipinski definition) is 3. The van der Waals surface area contributed by atoms with Gasteiger partial charge in [-0.15, -0.1) is 12.6 Å². The minimum absolute atomic E-state index is 0.123. The molecule has 8 heteroatoms. The van der Waals surface area contributed by atoms with Crippen LogP contribution in [0.4, 0.5) is 0 Å². The summed E-state index contributed by atoms with van der Waals surface area (Å²) in [5.41, 5.74) is 2.73. The summed E-state index contributed by atoms with van der Waals surface area (Å²) in [6, 6.07) is 7.34. The number of aromatic hydroxyl groups is 1. The topological polar surface area (TPSA) is 61.8 Å². The molecule has 0 aliphatic heterocycles. The van der Waals surface area contributed by atoms with Crippen LogP contribution in [0.2, 0.25) is 10.0 Å². The number of nitrogens with one attached hydrogen (secondary N) is 1. The first kappa shape index (κ1) is 17.5. The number of rotatable bonds is 5. The number of nitrogens with zero attached hydrogens (tertiary/aromatic N) is 2. The molecule has 3 rings (SSSR count). The molecule has 0 fully saturated rings. The van der Waals surface area contributed by atoms with E-state index in [0.29, 0.717) is 32.4 Å². The van der Waals surface area contributed by atoms with Gasteiger partial charge in [0, 0.05) is 30.1 Å². The third-order valence-electron chi connectivity index (χ3n) is 3.29. The molecule has 2 heterocycles. The van der Waals surface area contributed by atoms with Gasteiger partial charge < -0.3 is 10.1 Å². The quantitative estimate of drug-likeness (QED) is 0.322. The van der Waals surface area contributed by atoms with E-state index in [4.69, 9.17) is 23.2 Å². The van der Waals surface area contributed by atoms with Gasteiger partial charge in [-0.2, -0.15) is 0 Å². The maximum absolute atomic E-state index is 9.73. The summed E-state index contributed by atoms with van der Waals surface area (Å²) in [6.07, 6.45) is 4.06. The lowest BCUT2D eigenvalue weighted by molar-refractivity contribution is 0.449. The van der Waals surface area contributed by atoms with Crippen LogP contribution in [0.15, 0.2) is 46.8 Å². The minimum Gasteiger partial charge on any atom is -0.494 e. The van der Waals surface area contributed by atoms with Crippen LogP contribution in [-0.4, -0.2) is 20.1 Å². The number of aromatic amines is 1. The van der Waals surface area contributed by atoms with Crippen molar-refractivity contribution in [2.75, 3.05) is 0 Å². The smallest absolute Gasteiger partial charge is 0.192 e. The zero-order valence-electron chi connectivity index (χ0n) is 12.3. The van der Waals surface area contributed by atoms with E-state index in [1.165, 1.54) is 11.8 Å². The van der Waals surface area contributed by atoms with Crippen molar-refractivity contribution in [3.63, 3.8) is 0 Å². The first-order valence-corrected chi connectivity index (χ1v) is 9.17. The van der Waals surface area contributed by atoms with Crippen molar-refractivity contribution in [2.45, 2.75) is 22.4 Å². The summed E-state index contributed by atoms with van der Waals surface area (Å²) < 4.78 is 0. The Kier molecular flexibility index (Phi) is 5.61. The molecule has 0 unspecified atom stereocenters. The highest BCUT2D eigenvalue weighted by Crippen LogP contribution is 2.27. The number of aromatic nitrogens is 3. The van der Waals surface area contributed by atoms with Gasteiger partial charge in [0.05, 0.1) is 15.1 Å². The fourth-order valence-corrected chi connectivity index (χ4v) is 3.42. The van der Waals surface area contributed by atoms with Crippen LogP contribution in [0, 0.1) is 0 Å². The van der Waals surface area contributed by atoms with Crippen molar-refractivity contribution >= 4 is 47.6 Å². The molecule has 0 saturated heterocycles. The molecule has 24 heavy (non-hydrogen) atoms. The third-order valence-corrected chi connectivity index (χ3v) is 5.22. The predicted molar refractivity (Wildman–Crippen MR) is 101 cm³/mol. The summed E-state index contributed by atoms with van der Waals surface area (Å²) in [4.78, 5) is 11.4. The highest BCUT2D eigenvalue weighted by molar-refractivity contribution is 7.98. The van der Waals surface area contributed by atoms with Gasteiger partial charge in [0.25, 0.3) is 0 Å². The van der Waals surface area contributed by atoms with Gasteiger partial charge in [-0.25, -0.2) is 9.97 Å². The Bertz CT molecular complexity index is 853. The lowest BCUT2D eigenvalue weighted by Crippen LogP contribution is -1.93. The zero-order valence-corrected chi connectivity index (χ0v) is 15.6. The molecule has 0 amide bonds. The summed E-state index contributed by atoms with van der Waals surface area (Å²) in [5.74, 6) is 0.829. The van der Waals surface area contributed by atoms with Crippen molar-refractivity contribution in [1.82, 2.24) is 15.0 Å². The molecule has 3 aromatic rings. The molecular weight excluding hydrogens is 385 g/mol. The van der Waals surface area contributed by atoms with E-state index in [9.17, 15) is 5.11 Å². The van der Waals surface area contributed by atoms with Crippen molar-refractivity contribution < 1.29 is 5.11 Å². The number of thioether (sulfide) groups is 1. The maximum atomic E-state index is 9.73. The number of H-pyrrole nitrogens is 1. The molecule has 2 aromatic heterocycles. The maximum Gasteiger partial charge on any atom is 0.192 e. The van der Waals surface area contributed by atoms with E-state index in [2.05, 4.69) is 27.6 Å². The van der Waals surface area contributed by atoms with Gasteiger partial charge in [-0.05, 0) is 29.3 Å². The normalized spacial score (nSPS) is 11.0. The second-order valence-corrected chi connectivity index (χ2v) is 7.35. The first-order valence-electron chi connectivity index (χ1n) is 6.98. The van der Waals surface area contributed by atoms with Crippen molar-refractivity contribution in [3.05, 3.63) is 63.4 Å². The highest BCUT2D eigenvalue weighted by atomic mass is 35.5. The zero-order chi connectivity index (χ0) is 17.1. The van der Waals surface area contributed by atoms with Crippen molar-refractivity contribution in [1.29, 1.82) is 0 Å². The van der Waals surface area contributed by atoms with Gasteiger partial charge in [-0.1, -0.05) is 41.0 Å². The largest absolute Gasteiger partial charge is 0.494 e. The van der Waals surface area contributed by atoms with E-state index in [1.807, 2.05) is 12.1 Å². The van der Waals surface area contributed by atoms with Crippen LogP contribution in [0.5, 0.6) is 5.88 Å². The van der Waals surface area contributed by atoms with Gasteiger partial charge in [0.2, 0.25) is 0 Å². The fourth-order valence-electron chi connectivity index (χ4n) is 2.11. The number of halogens is 2. The molecule has 2 N–H and O–H groups in total. The molecule has 0 bridgehead atoms. The molecule has 0 aliphatic rings. The van der Waals surface area contributed by atoms with E-state index in [1.54, 1.807) is 24.5 Å². The van der Waals surface area contributed by atoms with Crippen LogP contribution in [0.25, 0.3) is 0 Å². The van der Waals surface area contributed by atoms with Crippen LogP contribution in [0.1, 0.15) is 16.7 Å². The number of benzene rings is 1. The van der Waals surface area contributed by atoms with Crippen LogP contribution < -0.4 is 0 Å². The summed E-state index contributed by atoms with van der Waals surface area (Å²) >= 11 is 17.6. The molecule has 1 aromatic carbocycles.